The van der Waals surface area contributed by atoms with Crippen LogP contribution in [-0.4, -0.2) is 25.9 Å². The van der Waals surface area contributed by atoms with Gasteiger partial charge >= 0.3 is 6.09 Å². The second-order valence-corrected chi connectivity index (χ2v) is 2.84. The van der Waals surface area contributed by atoms with Crippen molar-refractivity contribution in [2.75, 3.05) is 0 Å². The largest absolute Gasteiger partial charge is 0.463 e. The van der Waals surface area contributed by atoms with Crippen molar-refractivity contribution in [1.82, 2.24) is 9.78 Å². The fourth-order valence-corrected chi connectivity index (χ4v) is 1.29. The highest BCUT2D eigenvalue weighted by Gasteiger charge is 2.12. The van der Waals surface area contributed by atoms with E-state index in [1.54, 1.807) is 0 Å². The summed E-state index contributed by atoms with van der Waals surface area (Å²) in [7, 11) is 0. The van der Waals surface area contributed by atoms with Gasteiger partial charge in [-0.2, -0.15) is 9.78 Å². The molecule has 0 unspecified atom stereocenters. The molecule has 0 spiro atoms. The topological polar surface area (TPSA) is 98.3 Å². The lowest BCUT2D eigenvalue weighted by molar-refractivity contribution is -0.384. The van der Waals surface area contributed by atoms with Crippen molar-refractivity contribution in [3.05, 3.63) is 34.5 Å². The van der Waals surface area contributed by atoms with Crippen LogP contribution in [0.3, 0.4) is 0 Å². The summed E-state index contributed by atoms with van der Waals surface area (Å²) in [4.78, 5) is 20.6. The van der Waals surface area contributed by atoms with Gasteiger partial charge in [0.15, 0.2) is 0 Å². The Bertz CT molecular complexity index is 560. The van der Waals surface area contributed by atoms with Gasteiger partial charge in [-0.05, 0) is 6.07 Å². The molecule has 7 heteroatoms. The Morgan fingerprint density at radius 2 is 2.27 bits per heavy atom. The van der Waals surface area contributed by atoms with E-state index in [0.29, 0.717) is 10.9 Å². The summed E-state index contributed by atoms with van der Waals surface area (Å²) in [6, 6.07) is 3.87. The summed E-state index contributed by atoms with van der Waals surface area (Å²) in [5, 5.41) is 23.2. The first-order chi connectivity index (χ1) is 7.09. The first-order valence-electron chi connectivity index (χ1n) is 3.95. The number of carbonyl (C=O) groups is 1. The van der Waals surface area contributed by atoms with Crippen LogP contribution in [0.1, 0.15) is 0 Å². The summed E-state index contributed by atoms with van der Waals surface area (Å²) < 4.78 is 0.763. The second-order valence-electron chi connectivity index (χ2n) is 2.84. The number of non-ortho nitro benzene ring substituents is 1. The first-order valence-corrected chi connectivity index (χ1v) is 3.95. The minimum Gasteiger partial charge on any atom is -0.463 e. The van der Waals surface area contributed by atoms with Gasteiger partial charge in [-0.1, -0.05) is 0 Å². The number of carboxylic acid groups (broad SMARTS) is 1. The highest BCUT2D eigenvalue weighted by atomic mass is 16.6. The standard InChI is InChI=1S/C8H5N3O4/c12-8(13)10-7-2-1-6(11(14)15)3-5(7)4-9-10/h1-4H,(H,12,13). The summed E-state index contributed by atoms with van der Waals surface area (Å²) in [6.07, 6.45) is 0.0510. The van der Waals surface area contributed by atoms with Gasteiger partial charge in [0, 0.05) is 17.5 Å². The van der Waals surface area contributed by atoms with Crippen LogP contribution < -0.4 is 0 Å². The molecule has 1 N–H and O–H groups in total. The van der Waals surface area contributed by atoms with E-state index in [1.165, 1.54) is 24.4 Å². The van der Waals surface area contributed by atoms with Gasteiger partial charge < -0.3 is 5.11 Å². The average Bonchev–Trinajstić information content (AvgIpc) is 2.59. The monoisotopic (exact) mass is 207 g/mol. The number of nitrogens with zero attached hydrogens (tertiary/aromatic N) is 3. The molecule has 15 heavy (non-hydrogen) atoms. The molecule has 0 aliphatic rings. The molecule has 0 atom stereocenters. The summed E-state index contributed by atoms with van der Waals surface area (Å²) >= 11 is 0. The van der Waals surface area contributed by atoms with Gasteiger partial charge in [0.05, 0.1) is 16.6 Å². The van der Waals surface area contributed by atoms with Crippen LogP contribution in [0.15, 0.2) is 24.4 Å². The summed E-state index contributed by atoms with van der Waals surface area (Å²) in [5.41, 5.74) is 0.237. The predicted molar refractivity (Wildman–Crippen MR) is 49.8 cm³/mol. The number of nitro groups is 1. The van der Waals surface area contributed by atoms with Crippen LogP contribution >= 0.6 is 0 Å². The molecule has 76 valence electrons. The predicted octanol–water partition coefficient (Wildman–Crippen LogP) is 1.47. The third-order valence-corrected chi connectivity index (χ3v) is 1.94. The van der Waals surface area contributed by atoms with Gasteiger partial charge in [0.1, 0.15) is 0 Å². The number of rotatable bonds is 1. The zero-order chi connectivity index (χ0) is 11.0. The SMILES string of the molecule is O=C(O)n1ncc2cc([N+](=O)[O-])ccc21. The molecule has 0 saturated carbocycles. The van der Waals surface area contributed by atoms with E-state index >= 15 is 0 Å². The highest BCUT2D eigenvalue weighted by Crippen LogP contribution is 2.20. The van der Waals surface area contributed by atoms with Gasteiger partial charge in [-0.25, -0.2) is 4.79 Å². The molecule has 7 nitrogen and oxygen atoms in total. The summed E-state index contributed by atoms with van der Waals surface area (Å²) in [5.74, 6) is 0. The highest BCUT2D eigenvalue weighted by molar-refractivity contribution is 5.88. The van der Waals surface area contributed by atoms with Crippen LogP contribution in [0.25, 0.3) is 10.9 Å². The normalized spacial score (nSPS) is 10.4. The van der Waals surface area contributed by atoms with E-state index in [2.05, 4.69) is 5.10 Å². The number of hydrogen-bond acceptors (Lipinski definition) is 4. The smallest absolute Gasteiger partial charge is 0.432 e. The third kappa shape index (κ3) is 1.39. The number of benzene rings is 1. The molecular weight excluding hydrogens is 202 g/mol. The molecule has 1 aromatic heterocycles. The van der Waals surface area contributed by atoms with E-state index in [1.807, 2.05) is 0 Å². The Balaban J connectivity index is 2.66. The second kappa shape index (κ2) is 3.05. The Kier molecular flexibility index (Phi) is 1.86. The maximum absolute atomic E-state index is 10.7. The molecule has 0 amide bonds. The van der Waals surface area contributed by atoms with Crippen LogP contribution in [0.2, 0.25) is 0 Å². The molecule has 0 fully saturated rings. The molecule has 0 aliphatic heterocycles. The molecule has 0 saturated heterocycles. The lowest BCUT2D eigenvalue weighted by Crippen LogP contribution is -2.08. The third-order valence-electron chi connectivity index (χ3n) is 1.94. The molecule has 0 radical (unpaired) electrons. The molecule has 1 heterocycles. The Labute approximate surface area is 82.7 Å². The van der Waals surface area contributed by atoms with Gasteiger partial charge in [-0.15, -0.1) is 0 Å². The zero-order valence-corrected chi connectivity index (χ0v) is 7.32. The lowest BCUT2D eigenvalue weighted by atomic mass is 10.2. The van der Waals surface area contributed by atoms with E-state index < -0.39 is 11.0 Å². The van der Waals surface area contributed by atoms with Crippen molar-refractivity contribution < 1.29 is 14.8 Å². The fourth-order valence-electron chi connectivity index (χ4n) is 1.29. The lowest BCUT2D eigenvalue weighted by Gasteiger charge is -1.94. The molecule has 2 aromatic rings. The maximum Gasteiger partial charge on any atom is 0.432 e. The van der Waals surface area contributed by atoms with E-state index in [9.17, 15) is 14.9 Å². The number of fused-ring (bicyclic) bond motifs is 1. The minimum absolute atomic E-state index is 0.0903. The number of nitro benzene ring substituents is 1. The van der Waals surface area contributed by atoms with E-state index in [0.717, 1.165) is 4.68 Å². The fraction of sp³-hybridized carbons (Fsp3) is 0. The van der Waals surface area contributed by atoms with Gasteiger partial charge in [-0.3, -0.25) is 10.1 Å². The van der Waals surface area contributed by atoms with Crippen molar-refractivity contribution >= 4 is 22.7 Å². The minimum atomic E-state index is -1.22. The Hall–Kier alpha value is -2.44. The molecule has 0 bridgehead atoms. The van der Waals surface area contributed by atoms with Crippen molar-refractivity contribution in [2.24, 2.45) is 0 Å². The van der Waals surface area contributed by atoms with E-state index in [-0.39, 0.29) is 5.69 Å². The maximum atomic E-state index is 10.7. The Morgan fingerprint density at radius 1 is 1.53 bits per heavy atom. The first kappa shape index (κ1) is 9.13. The molecular formula is C8H5N3O4. The van der Waals surface area contributed by atoms with E-state index in [4.69, 9.17) is 5.11 Å². The van der Waals surface area contributed by atoms with Crippen LogP contribution in [0.4, 0.5) is 10.5 Å². The number of hydrogen-bond donors (Lipinski definition) is 1. The molecule has 0 aliphatic carbocycles. The quantitative estimate of drug-likeness (QED) is 0.563. The van der Waals surface area contributed by atoms with Gasteiger partial charge in [0.2, 0.25) is 0 Å². The van der Waals surface area contributed by atoms with Crippen LogP contribution in [0.5, 0.6) is 0 Å². The van der Waals surface area contributed by atoms with Gasteiger partial charge in [0.25, 0.3) is 5.69 Å². The van der Waals surface area contributed by atoms with Crippen molar-refractivity contribution in [1.29, 1.82) is 0 Å². The van der Waals surface area contributed by atoms with Crippen molar-refractivity contribution in [2.45, 2.75) is 0 Å². The Morgan fingerprint density at radius 3 is 2.87 bits per heavy atom. The van der Waals surface area contributed by atoms with Crippen LogP contribution in [-0.2, 0) is 0 Å². The molecule has 1 aromatic carbocycles. The van der Waals surface area contributed by atoms with Crippen molar-refractivity contribution in [3.8, 4) is 0 Å². The number of aromatic nitrogens is 2. The van der Waals surface area contributed by atoms with Crippen molar-refractivity contribution in [3.63, 3.8) is 0 Å². The summed E-state index contributed by atoms with van der Waals surface area (Å²) in [6.45, 7) is 0. The van der Waals surface area contributed by atoms with Crippen LogP contribution in [0, 0.1) is 10.1 Å². The zero-order valence-electron chi connectivity index (χ0n) is 7.32. The molecule has 2 rings (SSSR count). The average molecular weight is 207 g/mol.